The maximum absolute atomic E-state index is 12.8. The van der Waals surface area contributed by atoms with Crippen LogP contribution in [0.5, 0.6) is 0 Å². The molecule has 0 bridgehead atoms. The van der Waals surface area contributed by atoms with Crippen molar-refractivity contribution in [3.63, 3.8) is 0 Å². The van der Waals surface area contributed by atoms with Crippen molar-refractivity contribution in [2.24, 2.45) is 0 Å². The van der Waals surface area contributed by atoms with Crippen molar-refractivity contribution < 1.29 is 9.59 Å². The molecule has 3 aromatic rings. The highest BCUT2D eigenvalue weighted by atomic mass is 16.2. The highest BCUT2D eigenvalue weighted by Gasteiger charge is 2.36. The van der Waals surface area contributed by atoms with Crippen LogP contribution in [0.2, 0.25) is 0 Å². The van der Waals surface area contributed by atoms with E-state index in [0.29, 0.717) is 6.04 Å². The highest BCUT2D eigenvalue weighted by Crippen LogP contribution is 2.21. The van der Waals surface area contributed by atoms with Crippen molar-refractivity contribution in [1.29, 1.82) is 0 Å². The van der Waals surface area contributed by atoms with Gasteiger partial charge in [0.25, 0.3) is 11.8 Å². The van der Waals surface area contributed by atoms with E-state index < -0.39 is 0 Å². The maximum Gasteiger partial charge on any atom is 0.253 e. The summed E-state index contributed by atoms with van der Waals surface area (Å²) in [5, 5.41) is 0. The van der Waals surface area contributed by atoms with E-state index in [9.17, 15) is 9.59 Å². The lowest BCUT2D eigenvalue weighted by Crippen LogP contribution is -2.64. The predicted molar refractivity (Wildman–Crippen MR) is 119 cm³/mol. The van der Waals surface area contributed by atoms with Crippen LogP contribution in [-0.4, -0.2) is 76.4 Å². The molecule has 0 N–H and O–H groups in total. The van der Waals surface area contributed by atoms with Gasteiger partial charge in [0.15, 0.2) is 0 Å². The SMILES string of the molecule is O=C(c1ccccc1)N1CCN(C2CN(C(=O)c3ccc(-n4cccc4)cc3)C2)CC1. The van der Waals surface area contributed by atoms with E-state index >= 15 is 0 Å². The van der Waals surface area contributed by atoms with Gasteiger partial charge in [0.2, 0.25) is 0 Å². The first-order valence-electron chi connectivity index (χ1n) is 10.8. The van der Waals surface area contributed by atoms with Gasteiger partial charge < -0.3 is 14.4 Å². The molecule has 2 aromatic carbocycles. The lowest BCUT2D eigenvalue weighted by atomic mass is 10.0. The highest BCUT2D eigenvalue weighted by molar-refractivity contribution is 5.95. The van der Waals surface area contributed by atoms with E-state index in [2.05, 4.69) is 4.90 Å². The predicted octanol–water partition coefficient (Wildman–Crippen LogP) is 2.76. The summed E-state index contributed by atoms with van der Waals surface area (Å²) in [6.07, 6.45) is 3.98. The van der Waals surface area contributed by atoms with E-state index in [1.54, 1.807) is 0 Å². The van der Waals surface area contributed by atoms with Crippen LogP contribution in [-0.2, 0) is 0 Å². The number of rotatable bonds is 4. The summed E-state index contributed by atoms with van der Waals surface area (Å²) in [6, 6.07) is 21.6. The molecule has 6 nitrogen and oxygen atoms in total. The number of amides is 2. The monoisotopic (exact) mass is 414 g/mol. The summed E-state index contributed by atoms with van der Waals surface area (Å²) in [4.78, 5) is 31.7. The second kappa shape index (κ2) is 8.40. The molecule has 0 atom stereocenters. The molecule has 2 saturated heterocycles. The number of hydrogen-bond donors (Lipinski definition) is 0. The molecule has 31 heavy (non-hydrogen) atoms. The third-order valence-corrected chi connectivity index (χ3v) is 6.30. The Morgan fingerprint density at radius 3 is 1.87 bits per heavy atom. The van der Waals surface area contributed by atoms with Gasteiger partial charge in [-0.25, -0.2) is 0 Å². The first-order chi connectivity index (χ1) is 15.2. The zero-order valence-electron chi connectivity index (χ0n) is 17.4. The largest absolute Gasteiger partial charge is 0.336 e. The summed E-state index contributed by atoms with van der Waals surface area (Å²) in [6.45, 7) is 4.70. The van der Waals surface area contributed by atoms with Crippen LogP contribution in [0.25, 0.3) is 5.69 Å². The fourth-order valence-electron chi connectivity index (χ4n) is 4.37. The molecule has 6 heteroatoms. The number of likely N-dealkylation sites (tertiary alicyclic amines) is 1. The molecule has 0 saturated carbocycles. The van der Waals surface area contributed by atoms with E-state index in [4.69, 9.17) is 0 Å². The molecule has 0 radical (unpaired) electrons. The fourth-order valence-corrected chi connectivity index (χ4v) is 4.37. The number of carbonyl (C=O) groups is 2. The molecule has 0 aliphatic carbocycles. The van der Waals surface area contributed by atoms with E-state index in [-0.39, 0.29) is 11.8 Å². The maximum atomic E-state index is 12.8. The minimum atomic E-state index is 0.0909. The van der Waals surface area contributed by atoms with E-state index in [1.807, 2.05) is 93.5 Å². The van der Waals surface area contributed by atoms with Gasteiger partial charge in [0.05, 0.1) is 0 Å². The first kappa shape index (κ1) is 19.6. The molecule has 5 rings (SSSR count). The van der Waals surface area contributed by atoms with Gasteiger partial charge in [0, 0.05) is 74.5 Å². The van der Waals surface area contributed by atoms with Gasteiger partial charge in [-0.15, -0.1) is 0 Å². The van der Waals surface area contributed by atoms with Crippen molar-refractivity contribution in [3.8, 4) is 5.69 Å². The number of hydrogen-bond acceptors (Lipinski definition) is 3. The number of carbonyl (C=O) groups excluding carboxylic acids is 2. The van der Waals surface area contributed by atoms with E-state index in [1.165, 1.54) is 0 Å². The van der Waals surface area contributed by atoms with Crippen molar-refractivity contribution in [3.05, 3.63) is 90.3 Å². The third-order valence-electron chi connectivity index (χ3n) is 6.30. The molecule has 158 valence electrons. The number of aromatic nitrogens is 1. The van der Waals surface area contributed by atoms with Crippen molar-refractivity contribution >= 4 is 11.8 Å². The molecule has 3 heterocycles. The molecule has 0 unspecified atom stereocenters. The smallest absolute Gasteiger partial charge is 0.253 e. The fraction of sp³-hybridized carbons (Fsp3) is 0.280. The Hall–Kier alpha value is -3.38. The van der Waals surface area contributed by atoms with Crippen LogP contribution in [0.15, 0.2) is 79.1 Å². The van der Waals surface area contributed by atoms with Crippen LogP contribution in [0.4, 0.5) is 0 Å². The Bertz CT molecular complexity index is 1030. The Kier molecular flexibility index (Phi) is 5.30. The van der Waals surface area contributed by atoms with Gasteiger partial charge in [0.1, 0.15) is 0 Å². The average molecular weight is 415 g/mol. The first-order valence-corrected chi connectivity index (χ1v) is 10.8. The Morgan fingerprint density at radius 1 is 0.645 bits per heavy atom. The molecule has 0 spiro atoms. The minimum Gasteiger partial charge on any atom is -0.336 e. The second-order valence-electron chi connectivity index (χ2n) is 8.20. The van der Waals surface area contributed by atoms with Gasteiger partial charge in [-0.05, 0) is 48.5 Å². The van der Waals surface area contributed by atoms with Crippen LogP contribution in [0, 0.1) is 0 Å². The van der Waals surface area contributed by atoms with Crippen molar-refractivity contribution in [2.75, 3.05) is 39.3 Å². The third kappa shape index (κ3) is 3.99. The number of piperazine rings is 1. The lowest BCUT2D eigenvalue weighted by Gasteiger charge is -2.48. The van der Waals surface area contributed by atoms with Gasteiger partial charge in [-0.2, -0.15) is 0 Å². The standard InChI is InChI=1S/C25H26N4O2/c30-24(20-6-2-1-3-7-20)28-16-14-27(15-17-28)23-18-29(19-23)25(31)21-8-10-22(11-9-21)26-12-4-5-13-26/h1-13,23H,14-19H2. The van der Waals surface area contributed by atoms with Gasteiger partial charge in [-0.3, -0.25) is 14.5 Å². The van der Waals surface area contributed by atoms with Crippen molar-refractivity contribution in [1.82, 2.24) is 19.3 Å². The summed E-state index contributed by atoms with van der Waals surface area (Å²) in [5.74, 6) is 0.196. The molecule has 2 aliphatic heterocycles. The summed E-state index contributed by atoms with van der Waals surface area (Å²) in [5.41, 5.74) is 2.53. The molecule has 2 fully saturated rings. The summed E-state index contributed by atoms with van der Waals surface area (Å²) < 4.78 is 2.02. The molecule has 2 aliphatic rings. The van der Waals surface area contributed by atoms with Gasteiger partial charge >= 0.3 is 0 Å². The Balaban J connectivity index is 1.11. The normalized spacial score (nSPS) is 17.4. The van der Waals surface area contributed by atoms with Crippen molar-refractivity contribution in [2.45, 2.75) is 6.04 Å². The number of benzene rings is 2. The lowest BCUT2D eigenvalue weighted by molar-refractivity contribution is 0.00854. The van der Waals surface area contributed by atoms with E-state index in [0.717, 1.165) is 56.1 Å². The number of nitrogens with zero attached hydrogens (tertiary/aromatic N) is 4. The van der Waals surface area contributed by atoms with Gasteiger partial charge in [-0.1, -0.05) is 18.2 Å². The summed E-state index contributed by atoms with van der Waals surface area (Å²) in [7, 11) is 0. The zero-order chi connectivity index (χ0) is 21.2. The molecular formula is C25H26N4O2. The Labute approximate surface area is 182 Å². The molecule has 2 amide bonds. The minimum absolute atomic E-state index is 0.0909. The Morgan fingerprint density at radius 2 is 1.23 bits per heavy atom. The molecular weight excluding hydrogens is 388 g/mol. The quantitative estimate of drug-likeness (QED) is 0.660. The summed E-state index contributed by atoms with van der Waals surface area (Å²) >= 11 is 0. The van der Waals surface area contributed by atoms with Crippen LogP contribution < -0.4 is 0 Å². The van der Waals surface area contributed by atoms with Crippen LogP contribution in [0.1, 0.15) is 20.7 Å². The second-order valence-corrected chi connectivity index (χ2v) is 8.20. The van der Waals surface area contributed by atoms with Crippen LogP contribution >= 0.6 is 0 Å². The molecule has 1 aromatic heterocycles. The zero-order valence-corrected chi connectivity index (χ0v) is 17.4. The topological polar surface area (TPSA) is 48.8 Å². The average Bonchev–Trinajstić information content (AvgIpc) is 3.34. The van der Waals surface area contributed by atoms with Crippen LogP contribution in [0.3, 0.4) is 0 Å².